The molecule has 3 aromatic rings. The highest BCUT2D eigenvalue weighted by Crippen LogP contribution is 2.16. The molecule has 0 aliphatic carbocycles. The van der Waals surface area contributed by atoms with Crippen molar-refractivity contribution in [3.8, 4) is 5.69 Å². The molecule has 0 bridgehead atoms. The Balaban J connectivity index is 2.28. The second-order valence-corrected chi connectivity index (χ2v) is 7.14. The molecular formula is C17H17N3O3S. The first-order valence-electron chi connectivity index (χ1n) is 7.47. The van der Waals surface area contributed by atoms with Crippen LogP contribution >= 0.6 is 0 Å². The molecule has 0 unspecified atom stereocenters. The van der Waals surface area contributed by atoms with Gasteiger partial charge in [-0.05, 0) is 43.3 Å². The number of hydrogen-bond acceptors (Lipinski definition) is 4. The lowest BCUT2D eigenvalue weighted by Gasteiger charge is -2.13. The molecule has 0 aliphatic heterocycles. The number of aryl methyl sites for hydroxylation is 2. The summed E-state index contributed by atoms with van der Waals surface area (Å²) >= 11 is 0. The number of hydrogen-bond donors (Lipinski definition) is 1. The predicted molar refractivity (Wildman–Crippen MR) is 92.8 cm³/mol. The molecule has 3 rings (SSSR count). The van der Waals surface area contributed by atoms with Gasteiger partial charge in [-0.25, -0.2) is 18.5 Å². The standard InChI is InChI=1S/C17H17N3O3S/c1-3-16-19-15-9-4-11(2)10-14(15)17(21)20(16)12-5-7-13(8-6-12)24(18,22)23/h4-10H,3H2,1-2H3,(H2,18,22,23). The van der Waals surface area contributed by atoms with Crippen LogP contribution in [-0.4, -0.2) is 18.0 Å². The molecule has 2 aromatic carbocycles. The number of aromatic nitrogens is 2. The van der Waals surface area contributed by atoms with Crippen molar-refractivity contribution < 1.29 is 8.42 Å². The van der Waals surface area contributed by atoms with Gasteiger partial charge in [0.2, 0.25) is 10.0 Å². The third-order valence-corrected chi connectivity index (χ3v) is 4.76. The molecule has 2 N–H and O–H groups in total. The topological polar surface area (TPSA) is 95.0 Å². The van der Waals surface area contributed by atoms with Crippen LogP contribution in [0.15, 0.2) is 52.2 Å². The zero-order chi connectivity index (χ0) is 17.5. The molecule has 7 heteroatoms. The summed E-state index contributed by atoms with van der Waals surface area (Å²) in [5, 5.41) is 5.64. The van der Waals surface area contributed by atoms with Crippen LogP contribution in [0.4, 0.5) is 0 Å². The highest BCUT2D eigenvalue weighted by molar-refractivity contribution is 7.89. The van der Waals surface area contributed by atoms with Crippen molar-refractivity contribution >= 4 is 20.9 Å². The van der Waals surface area contributed by atoms with Crippen molar-refractivity contribution in [1.29, 1.82) is 0 Å². The maximum atomic E-state index is 12.9. The van der Waals surface area contributed by atoms with Crippen LogP contribution in [0.5, 0.6) is 0 Å². The first-order valence-corrected chi connectivity index (χ1v) is 9.01. The van der Waals surface area contributed by atoms with Crippen LogP contribution in [0.3, 0.4) is 0 Å². The van der Waals surface area contributed by atoms with Gasteiger partial charge < -0.3 is 0 Å². The van der Waals surface area contributed by atoms with Gasteiger partial charge in [0.1, 0.15) is 5.82 Å². The maximum Gasteiger partial charge on any atom is 0.265 e. The van der Waals surface area contributed by atoms with E-state index in [-0.39, 0.29) is 10.5 Å². The fourth-order valence-electron chi connectivity index (χ4n) is 2.63. The lowest BCUT2D eigenvalue weighted by Crippen LogP contribution is -2.24. The molecule has 0 spiro atoms. The third-order valence-electron chi connectivity index (χ3n) is 3.83. The van der Waals surface area contributed by atoms with E-state index in [0.29, 0.717) is 28.8 Å². The van der Waals surface area contributed by atoms with E-state index in [1.165, 1.54) is 16.7 Å². The van der Waals surface area contributed by atoms with E-state index >= 15 is 0 Å². The molecule has 0 saturated carbocycles. The summed E-state index contributed by atoms with van der Waals surface area (Å²) in [5.41, 5.74) is 2.01. The monoisotopic (exact) mass is 343 g/mol. The summed E-state index contributed by atoms with van der Waals surface area (Å²) in [6.45, 7) is 3.83. The molecule has 124 valence electrons. The maximum absolute atomic E-state index is 12.9. The predicted octanol–water partition coefficient (Wildman–Crippen LogP) is 1.90. The minimum atomic E-state index is -3.77. The van der Waals surface area contributed by atoms with Crippen LogP contribution in [0.1, 0.15) is 18.3 Å². The van der Waals surface area contributed by atoms with Gasteiger partial charge in [-0.2, -0.15) is 0 Å². The number of nitrogens with zero attached hydrogens (tertiary/aromatic N) is 2. The van der Waals surface area contributed by atoms with Gasteiger partial charge >= 0.3 is 0 Å². The molecule has 1 heterocycles. The molecule has 0 atom stereocenters. The Bertz CT molecular complexity index is 1080. The van der Waals surface area contributed by atoms with Crippen LogP contribution in [0, 0.1) is 6.92 Å². The summed E-state index contributed by atoms with van der Waals surface area (Å²) in [5.74, 6) is 0.611. The highest BCUT2D eigenvalue weighted by Gasteiger charge is 2.13. The summed E-state index contributed by atoms with van der Waals surface area (Å²) < 4.78 is 24.3. The van der Waals surface area contributed by atoms with Crippen LogP contribution in [-0.2, 0) is 16.4 Å². The number of nitrogens with two attached hydrogens (primary N) is 1. The first kappa shape index (κ1) is 16.4. The van der Waals surface area contributed by atoms with E-state index in [0.717, 1.165) is 5.56 Å². The number of rotatable bonds is 3. The van der Waals surface area contributed by atoms with E-state index in [9.17, 15) is 13.2 Å². The van der Waals surface area contributed by atoms with Crippen molar-refractivity contribution in [1.82, 2.24) is 9.55 Å². The SMILES string of the molecule is CCc1nc2ccc(C)cc2c(=O)n1-c1ccc(S(N)(=O)=O)cc1. The van der Waals surface area contributed by atoms with Gasteiger partial charge in [0, 0.05) is 6.42 Å². The molecule has 0 radical (unpaired) electrons. The Hall–Kier alpha value is -2.51. The number of sulfonamides is 1. The molecule has 1 aromatic heterocycles. The molecular weight excluding hydrogens is 326 g/mol. The quantitative estimate of drug-likeness (QED) is 0.786. The molecule has 0 amide bonds. The Morgan fingerprint density at radius 1 is 1.12 bits per heavy atom. The molecule has 0 saturated heterocycles. The molecule has 6 nitrogen and oxygen atoms in total. The lowest BCUT2D eigenvalue weighted by molar-refractivity contribution is 0.598. The van der Waals surface area contributed by atoms with Crippen molar-refractivity contribution in [2.45, 2.75) is 25.2 Å². The van der Waals surface area contributed by atoms with Crippen molar-refractivity contribution in [3.63, 3.8) is 0 Å². The zero-order valence-corrected chi connectivity index (χ0v) is 14.2. The Morgan fingerprint density at radius 2 is 1.79 bits per heavy atom. The Labute approximate surface area is 139 Å². The van der Waals surface area contributed by atoms with Crippen LogP contribution in [0.2, 0.25) is 0 Å². The molecule has 0 fully saturated rings. The fourth-order valence-corrected chi connectivity index (χ4v) is 3.15. The first-order chi connectivity index (χ1) is 11.3. The summed E-state index contributed by atoms with van der Waals surface area (Å²) in [4.78, 5) is 17.5. The van der Waals surface area contributed by atoms with Crippen molar-refractivity contribution in [2.24, 2.45) is 5.14 Å². The van der Waals surface area contributed by atoms with E-state index in [1.54, 1.807) is 18.2 Å². The van der Waals surface area contributed by atoms with E-state index < -0.39 is 10.0 Å². The second kappa shape index (κ2) is 5.85. The van der Waals surface area contributed by atoms with Gasteiger partial charge in [0.05, 0.1) is 21.5 Å². The second-order valence-electron chi connectivity index (χ2n) is 5.58. The average Bonchev–Trinajstić information content (AvgIpc) is 2.54. The smallest absolute Gasteiger partial charge is 0.265 e. The fraction of sp³-hybridized carbons (Fsp3) is 0.176. The Kier molecular flexibility index (Phi) is 3.98. The Morgan fingerprint density at radius 3 is 2.38 bits per heavy atom. The summed E-state index contributed by atoms with van der Waals surface area (Å²) in [6, 6.07) is 11.4. The van der Waals surface area contributed by atoms with E-state index in [2.05, 4.69) is 4.98 Å². The van der Waals surface area contributed by atoms with Crippen LogP contribution in [0.25, 0.3) is 16.6 Å². The van der Waals surface area contributed by atoms with Gasteiger partial charge in [-0.15, -0.1) is 0 Å². The van der Waals surface area contributed by atoms with Gasteiger partial charge in [-0.3, -0.25) is 9.36 Å². The van der Waals surface area contributed by atoms with E-state index in [4.69, 9.17) is 5.14 Å². The molecule has 0 aliphatic rings. The summed E-state index contributed by atoms with van der Waals surface area (Å²) in [7, 11) is -3.77. The minimum absolute atomic E-state index is 0.00180. The number of fused-ring (bicyclic) bond motifs is 1. The van der Waals surface area contributed by atoms with Gasteiger partial charge in [0.25, 0.3) is 5.56 Å². The lowest BCUT2D eigenvalue weighted by atomic mass is 10.1. The normalized spacial score (nSPS) is 11.8. The van der Waals surface area contributed by atoms with Crippen LogP contribution < -0.4 is 10.7 Å². The zero-order valence-electron chi connectivity index (χ0n) is 13.4. The third kappa shape index (κ3) is 2.83. The van der Waals surface area contributed by atoms with Gasteiger partial charge in [0.15, 0.2) is 0 Å². The molecule has 24 heavy (non-hydrogen) atoms. The summed E-state index contributed by atoms with van der Waals surface area (Å²) in [6.07, 6.45) is 0.565. The minimum Gasteiger partial charge on any atom is -0.268 e. The average molecular weight is 343 g/mol. The highest BCUT2D eigenvalue weighted by atomic mass is 32.2. The largest absolute Gasteiger partial charge is 0.268 e. The number of primary sulfonamides is 1. The number of benzene rings is 2. The van der Waals surface area contributed by atoms with Crippen molar-refractivity contribution in [3.05, 3.63) is 64.2 Å². The van der Waals surface area contributed by atoms with Crippen molar-refractivity contribution in [2.75, 3.05) is 0 Å². The van der Waals surface area contributed by atoms with Gasteiger partial charge in [-0.1, -0.05) is 18.6 Å². The van der Waals surface area contributed by atoms with E-state index in [1.807, 2.05) is 26.0 Å².